The second-order valence-corrected chi connectivity index (χ2v) is 13.8. The molecule has 1 spiro atoms. The summed E-state index contributed by atoms with van der Waals surface area (Å²) in [5.74, 6) is 3.80. The zero-order chi connectivity index (χ0) is 26.1. The fourth-order valence-corrected chi connectivity index (χ4v) is 8.57. The largest absolute Gasteiger partial charge is 0.392 e. The Bertz CT molecular complexity index is 942. The minimum atomic E-state index is -0.373. The maximum Gasteiger partial charge on any atom is 0.0658 e. The number of hydrogen-bond acceptors (Lipinski definition) is 3. The van der Waals surface area contributed by atoms with Gasteiger partial charge in [-0.05, 0) is 98.1 Å². The van der Waals surface area contributed by atoms with Gasteiger partial charge in [0.25, 0.3) is 0 Å². The zero-order valence-corrected chi connectivity index (χ0v) is 24.4. The molecule has 3 fully saturated rings. The fourth-order valence-electron chi connectivity index (χ4n) is 7.48. The fraction of sp³-hybridized carbons (Fsp3) is 0.697. The van der Waals surface area contributed by atoms with Crippen molar-refractivity contribution in [3.05, 3.63) is 53.1 Å². The van der Waals surface area contributed by atoms with Gasteiger partial charge in [-0.3, -0.25) is 0 Å². The van der Waals surface area contributed by atoms with E-state index in [0.29, 0.717) is 23.2 Å². The molecule has 3 aliphatic carbocycles. The van der Waals surface area contributed by atoms with Gasteiger partial charge in [0.15, 0.2) is 0 Å². The number of allylic oxidation sites excluding steroid dienone is 3. The van der Waals surface area contributed by atoms with Crippen molar-refractivity contribution in [3.63, 3.8) is 0 Å². The van der Waals surface area contributed by atoms with Crippen molar-refractivity contribution >= 4 is 11.8 Å². The van der Waals surface area contributed by atoms with Crippen LogP contribution in [0.4, 0.5) is 0 Å². The van der Waals surface area contributed by atoms with Crippen LogP contribution in [0.3, 0.4) is 0 Å². The molecule has 0 amide bonds. The third-order valence-electron chi connectivity index (χ3n) is 10.4. The van der Waals surface area contributed by atoms with Crippen molar-refractivity contribution in [2.24, 2.45) is 28.6 Å². The molecule has 2 nitrogen and oxygen atoms in total. The van der Waals surface area contributed by atoms with Gasteiger partial charge in [-0.1, -0.05) is 77.0 Å². The Morgan fingerprint density at radius 2 is 1.78 bits per heavy atom. The third kappa shape index (κ3) is 5.54. The molecule has 36 heavy (non-hydrogen) atoms. The molecular formula is C33H50O2S. The third-order valence-corrected chi connectivity index (χ3v) is 11.6. The molecule has 3 aliphatic rings. The Kier molecular flexibility index (Phi) is 8.85. The number of aliphatic hydroxyl groups is 2. The monoisotopic (exact) mass is 510 g/mol. The van der Waals surface area contributed by atoms with E-state index >= 15 is 0 Å². The van der Waals surface area contributed by atoms with E-state index < -0.39 is 0 Å². The van der Waals surface area contributed by atoms with Gasteiger partial charge >= 0.3 is 0 Å². The normalized spacial score (nSPS) is 32.8. The molecule has 6 atom stereocenters. The molecule has 2 N–H and O–H groups in total. The minimum Gasteiger partial charge on any atom is -0.392 e. The van der Waals surface area contributed by atoms with Gasteiger partial charge in [0.1, 0.15) is 0 Å². The van der Waals surface area contributed by atoms with E-state index in [2.05, 4.69) is 78.0 Å². The molecule has 4 rings (SSSR count). The van der Waals surface area contributed by atoms with E-state index in [4.69, 9.17) is 0 Å². The standard InChI is InChI=1S/C33H50O2S/c1-7-25(13-12-24-18-30(34)33(16-17-33)31(35)19-24)29-15-14-28(32(29,6)8-2)23(5)21-36-27-11-9-10-26(20-27)22(3)4/h9-13,20,22-23,28-31,34-35H,7-8,14-19,21H2,1-6H3/b25-13+/t23-,28?,29?,30+,31+,32?/m0/s1. The summed E-state index contributed by atoms with van der Waals surface area (Å²) in [5, 5.41) is 21.3. The van der Waals surface area contributed by atoms with Gasteiger partial charge in [-0.15, -0.1) is 11.8 Å². The molecule has 0 aliphatic heterocycles. The van der Waals surface area contributed by atoms with E-state index in [0.717, 1.165) is 38.0 Å². The van der Waals surface area contributed by atoms with Crippen LogP contribution >= 0.6 is 11.8 Å². The molecule has 3 heteroatoms. The SMILES string of the molecule is CC/C(=C\C=C1C[C@@H](O)C2(CC2)[C@H](O)C1)C1CCC([C@@H](C)CSc2cccc(C(C)C)c2)C1(C)CC. The first-order chi connectivity index (χ1) is 17.1. The quantitative estimate of drug-likeness (QED) is 0.327. The highest BCUT2D eigenvalue weighted by Crippen LogP contribution is 2.58. The summed E-state index contributed by atoms with van der Waals surface area (Å²) in [6, 6.07) is 9.12. The van der Waals surface area contributed by atoms with Gasteiger partial charge in [0.05, 0.1) is 12.2 Å². The Morgan fingerprint density at radius 3 is 2.36 bits per heavy atom. The number of thioether (sulfide) groups is 1. The second-order valence-electron chi connectivity index (χ2n) is 12.7. The summed E-state index contributed by atoms with van der Waals surface area (Å²) in [6.07, 6.45) is 12.2. The van der Waals surface area contributed by atoms with Crippen molar-refractivity contribution in [1.82, 2.24) is 0 Å². The van der Waals surface area contributed by atoms with Crippen LogP contribution in [-0.2, 0) is 0 Å². The summed E-state index contributed by atoms with van der Waals surface area (Å²) in [6.45, 7) is 14.3. The number of benzene rings is 1. The van der Waals surface area contributed by atoms with E-state index in [-0.39, 0.29) is 17.6 Å². The summed E-state index contributed by atoms with van der Waals surface area (Å²) in [4.78, 5) is 1.41. The molecule has 0 bridgehead atoms. The van der Waals surface area contributed by atoms with Crippen molar-refractivity contribution in [2.75, 3.05) is 5.75 Å². The number of hydrogen-bond donors (Lipinski definition) is 2. The Balaban J connectivity index is 1.44. The molecule has 3 saturated carbocycles. The molecule has 1 aromatic rings. The van der Waals surface area contributed by atoms with Crippen LogP contribution in [-0.4, -0.2) is 28.2 Å². The van der Waals surface area contributed by atoms with E-state index in [1.54, 1.807) is 5.57 Å². The zero-order valence-electron chi connectivity index (χ0n) is 23.6. The van der Waals surface area contributed by atoms with Gasteiger partial charge in [0.2, 0.25) is 0 Å². The van der Waals surface area contributed by atoms with Gasteiger partial charge in [-0.25, -0.2) is 0 Å². The van der Waals surface area contributed by atoms with Crippen LogP contribution in [0.2, 0.25) is 0 Å². The Morgan fingerprint density at radius 1 is 1.08 bits per heavy atom. The first-order valence-electron chi connectivity index (χ1n) is 14.6. The Labute approximate surface area is 225 Å². The molecule has 0 heterocycles. The molecule has 1 aromatic carbocycles. The number of aliphatic hydroxyl groups excluding tert-OH is 2. The highest BCUT2D eigenvalue weighted by Gasteiger charge is 2.56. The van der Waals surface area contributed by atoms with E-state index in [9.17, 15) is 10.2 Å². The molecule has 0 aromatic heterocycles. The lowest BCUT2D eigenvalue weighted by Gasteiger charge is -2.40. The minimum absolute atomic E-state index is 0.182. The maximum absolute atomic E-state index is 10.6. The average Bonchev–Trinajstić information content (AvgIpc) is 3.60. The van der Waals surface area contributed by atoms with Crippen molar-refractivity contribution < 1.29 is 10.2 Å². The van der Waals surface area contributed by atoms with Crippen molar-refractivity contribution in [1.29, 1.82) is 0 Å². The van der Waals surface area contributed by atoms with Gasteiger partial charge < -0.3 is 10.2 Å². The second kappa shape index (κ2) is 11.4. The lowest BCUT2D eigenvalue weighted by Crippen LogP contribution is -2.38. The molecular weight excluding hydrogens is 460 g/mol. The summed E-state index contributed by atoms with van der Waals surface area (Å²) >= 11 is 2.04. The van der Waals surface area contributed by atoms with Crippen LogP contribution in [0.25, 0.3) is 0 Å². The predicted octanol–water partition coefficient (Wildman–Crippen LogP) is 8.54. The van der Waals surface area contributed by atoms with Crippen LogP contribution in [0.15, 0.2) is 52.5 Å². The van der Waals surface area contributed by atoms with Crippen LogP contribution in [0.1, 0.15) is 104 Å². The van der Waals surface area contributed by atoms with Crippen molar-refractivity contribution in [3.8, 4) is 0 Å². The lowest BCUT2D eigenvalue weighted by molar-refractivity contribution is -0.0225. The Hall–Kier alpha value is -1.03. The highest BCUT2D eigenvalue weighted by molar-refractivity contribution is 7.99. The molecule has 200 valence electrons. The molecule has 3 unspecified atom stereocenters. The van der Waals surface area contributed by atoms with E-state index in [1.807, 2.05) is 11.8 Å². The van der Waals surface area contributed by atoms with Gasteiger partial charge in [-0.2, -0.15) is 0 Å². The number of rotatable bonds is 9. The van der Waals surface area contributed by atoms with Crippen LogP contribution < -0.4 is 0 Å². The molecule has 0 radical (unpaired) electrons. The first-order valence-corrected chi connectivity index (χ1v) is 15.6. The average molecular weight is 511 g/mol. The van der Waals surface area contributed by atoms with Crippen molar-refractivity contribution in [2.45, 2.75) is 116 Å². The first kappa shape index (κ1) is 28.0. The summed E-state index contributed by atoms with van der Waals surface area (Å²) < 4.78 is 0. The van der Waals surface area contributed by atoms with Crippen LogP contribution in [0, 0.1) is 28.6 Å². The summed E-state index contributed by atoms with van der Waals surface area (Å²) in [7, 11) is 0. The topological polar surface area (TPSA) is 40.5 Å². The van der Waals surface area contributed by atoms with Crippen LogP contribution in [0.5, 0.6) is 0 Å². The van der Waals surface area contributed by atoms with Gasteiger partial charge in [0, 0.05) is 16.1 Å². The maximum atomic E-state index is 10.6. The van der Waals surface area contributed by atoms with E-state index in [1.165, 1.54) is 41.0 Å². The lowest BCUT2D eigenvalue weighted by atomic mass is 9.65. The summed E-state index contributed by atoms with van der Waals surface area (Å²) in [5.41, 5.74) is 4.36. The predicted molar refractivity (Wildman–Crippen MR) is 154 cm³/mol. The molecule has 0 saturated heterocycles. The highest BCUT2D eigenvalue weighted by atomic mass is 32.2. The smallest absolute Gasteiger partial charge is 0.0658 e.